The van der Waals surface area contributed by atoms with Crippen molar-refractivity contribution in [3.63, 3.8) is 0 Å². The van der Waals surface area contributed by atoms with Gasteiger partial charge in [-0.05, 0) is 30.7 Å². The van der Waals surface area contributed by atoms with Crippen molar-refractivity contribution in [3.05, 3.63) is 36.4 Å². The average molecular weight is 419 g/mol. The fourth-order valence-corrected chi connectivity index (χ4v) is 3.09. The zero-order valence-corrected chi connectivity index (χ0v) is 18.7. The molecule has 0 fully saturated rings. The molecule has 1 aromatic carbocycles. The first-order valence-corrected chi connectivity index (χ1v) is 11.4. The fourth-order valence-electron chi connectivity index (χ4n) is 3.09. The molecule has 5 heteroatoms. The third-order valence-electron chi connectivity index (χ3n) is 4.88. The van der Waals surface area contributed by atoms with Crippen LogP contribution in [0.2, 0.25) is 0 Å². The first-order valence-electron chi connectivity index (χ1n) is 11.4. The summed E-state index contributed by atoms with van der Waals surface area (Å²) in [4.78, 5) is 23.4. The van der Waals surface area contributed by atoms with Crippen LogP contribution in [0, 0.1) is 0 Å². The molecule has 1 aromatic rings. The molecule has 0 bridgehead atoms. The first-order chi connectivity index (χ1) is 14.7. The van der Waals surface area contributed by atoms with E-state index in [1.54, 1.807) is 31.4 Å². The van der Waals surface area contributed by atoms with Gasteiger partial charge in [0.05, 0.1) is 13.7 Å². The summed E-state index contributed by atoms with van der Waals surface area (Å²) < 4.78 is 15.2. The highest BCUT2D eigenvalue weighted by Gasteiger charge is 2.03. The van der Waals surface area contributed by atoms with Crippen molar-refractivity contribution in [3.8, 4) is 11.5 Å². The Balaban J connectivity index is 1.97. The number of hydrogen-bond donors (Lipinski definition) is 0. The van der Waals surface area contributed by atoms with Crippen molar-refractivity contribution in [2.45, 2.75) is 84.0 Å². The SMILES string of the molecule is CCCCCCCCCCCCCCOC(=O)/C=C/C(=O)Oc1ccc(OC)cc1. The summed E-state index contributed by atoms with van der Waals surface area (Å²) in [6.07, 6.45) is 17.3. The minimum atomic E-state index is -0.623. The monoisotopic (exact) mass is 418 g/mol. The second-order valence-corrected chi connectivity index (χ2v) is 7.49. The van der Waals surface area contributed by atoms with Crippen LogP contribution in [0.25, 0.3) is 0 Å². The Kier molecular flexibility index (Phi) is 15.1. The van der Waals surface area contributed by atoms with Gasteiger partial charge in [-0.1, -0.05) is 77.6 Å². The van der Waals surface area contributed by atoms with Crippen molar-refractivity contribution in [2.75, 3.05) is 13.7 Å². The number of hydrogen-bond acceptors (Lipinski definition) is 5. The molecule has 0 aliphatic rings. The number of esters is 2. The Hall–Kier alpha value is -2.30. The quantitative estimate of drug-likeness (QED) is 0.127. The molecule has 5 nitrogen and oxygen atoms in total. The van der Waals surface area contributed by atoms with Crippen LogP contribution in [-0.4, -0.2) is 25.7 Å². The molecule has 0 aliphatic carbocycles. The van der Waals surface area contributed by atoms with E-state index >= 15 is 0 Å². The highest BCUT2D eigenvalue weighted by atomic mass is 16.5. The molecule has 30 heavy (non-hydrogen) atoms. The molecule has 0 spiro atoms. The van der Waals surface area contributed by atoms with Crippen molar-refractivity contribution in [1.82, 2.24) is 0 Å². The molecule has 0 saturated carbocycles. The minimum Gasteiger partial charge on any atom is -0.497 e. The maximum absolute atomic E-state index is 11.7. The summed E-state index contributed by atoms with van der Waals surface area (Å²) in [5.41, 5.74) is 0. The highest BCUT2D eigenvalue weighted by molar-refractivity contribution is 5.92. The van der Waals surface area contributed by atoms with Crippen LogP contribution in [0.5, 0.6) is 11.5 Å². The van der Waals surface area contributed by atoms with Crippen LogP contribution >= 0.6 is 0 Å². The van der Waals surface area contributed by atoms with Crippen LogP contribution in [0.4, 0.5) is 0 Å². The van der Waals surface area contributed by atoms with Crippen LogP contribution in [-0.2, 0) is 14.3 Å². The number of carbonyl (C=O) groups excluding carboxylic acids is 2. The topological polar surface area (TPSA) is 61.8 Å². The van der Waals surface area contributed by atoms with Gasteiger partial charge in [-0.25, -0.2) is 9.59 Å². The second-order valence-electron chi connectivity index (χ2n) is 7.49. The largest absolute Gasteiger partial charge is 0.497 e. The van der Waals surface area contributed by atoms with Gasteiger partial charge < -0.3 is 14.2 Å². The predicted molar refractivity (Wildman–Crippen MR) is 120 cm³/mol. The molecule has 168 valence electrons. The van der Waals surface area contributed by atoms with Gasteiger partial charge in [0, 0.05) is 12.2 Å². The molecule has 0 N–H and O–H groups in total. The summed E-state index contributed by atoms with van der Waals surface area (Å²) in [7, 11) is 1.56. The summed E-state index contributed by atoms with van der Waals surface area (Å²) >= 11 is 0. The lowest BCUT2D eigenvalue weighted by Crippen LogP contribution is -2.07. The molecule has 0 aliphatic heterocycles. The Morgan fingerprint density at radius 1 is 0.700 bits per heavy atom. The Morgan fingerprint density at radius 2 is 1.17 bits per heavy atom. The summed E-state index contributed by atoms with van der Waals surface area (Å²) in [5, 5.41) is 0. The summed E-state index contributed by atoms with van der Waals surface area (Å²) in [6.45, 7) is 2.63. The molecule has 0 heterocycles. The Labute approximate surface area is 181 Å². The third-order valence-corrected chi connectivity index (χ3v) is 4.88. The molecule has 0 atom stereocenters. The average Bonchev–Trinajstić information content (AvgIpc) is 2.76. The first kappa shape index (κ1) is 25.7. The molecule has 0 aromatic heterocycles. The van der Waals surface area contributed by atoms with E-state index in [1.165, 1.54) is 64.2 Å². The fraction of sp³-hybridized carbons (Fsp3) is 0.600. The van der Waals surface area contributed by atoms with Gasteiger partial charge in [0.1, 0.15) is 11.5 Å². The van der Waals surface area contributed by atoms with Gasteiger partial charge in [-0.3, -0.25) is 0 Å². The standard InChI is InChI=1S/C25H38O5/c1-3-4-5-6-7-8-9-10-11-12-13-14-21-29-24(26)19-20-25(27)30-23-17-15-22(28-2)16-18-23/h15-20H,3-14,21H2,1-2H3/b20-19+. The van der Waals surface area contributed by atoms with E-state index in [1.807, 2.05) is 0 Å². The van der Waals surface area contributed by atoms with Crippen LogP contribution in [0.1, 0.15) is 84.0 Å². The zero-order chi connectivity index (χ0) is 21.9. The lowest BCUT2D eigenvalue weighted by molar-refractivity contribution is -0.138. The lowest BCUT2D eigenvalue weighted by Gasteiger charge is -2.04. The van der Waals surface area contributed by atoms with E-state index in [9.17, 15) is 9.59 Å². The van der Waals surface area contributed by atoms with E-state index in [2.05, 4.69) is 6.92 Å². The number of unbranched alkanes of at least 4 members (excludes halogenated alkanes) is 11. The number of carbonyl (C=O) groups is 2. The molecular weight excluding hydrogens is 380 g/mol. The van der Waals surface area contributed by atoms with Crippen molar-refractivity contribution in [2.24, 2.45) is 0 Å². The Morgan fingerprint density at radius 3 is 1.70 bits per heavy atom. The third kappa shape index (κ3) is 13.8. The normalized spacial score (nSPS) is 10.9. The summed E-state index contributed by atoms with van der Waals surface area (Å²) in [6, 6.07) is 6.62. The molecule has 0 radical (unpaired) electrons. The van der Waals surface area contributed by atoms with Gasteiger partial charge >= 0.3 is 11.9 Å². The molecule has 0 amide bonds. The number of rotatable bonds is 17. The van der Waals surface area contributed by atoms with E-state index in [-0.39, 0.29) is 0 Å². The molecule has 0 unspecified atom stereocenters. The van der Waals surface area contributed by atoms with Crippen LogP contribution in [0.15, 0.2) is 36.4 Å². The van der Waals surface area contributed by atoms with Crippen molar-refractivity contribution >= 4 is 11.9 Å². The molecular formula is C25H38O5. The van der Waals surface area contributed by atoms with Gasteiger partial charge in [0.25, 0.3) is 0 Å². The number of benzene rings is 1. The lowest BCUT2D eigenvalue weighted by atomic mass is 10.1. The van der Waals surface area contributed by atoms with Crippen molar-refractivity contribution in [1.29, 1.82) is 0 Å². The maximum atomic E-state index is 11.7. The van der Waals surface area contributed by atoms with E-state index < -0.39 is 11.9 Å². The van der Waals surface area contributed by atoms with Gasteiger partial charge in [0.2, 0.25) is 0 Å². The Bertz CT molecular complexity index is 606. The van der Waals surface area contributed by atoms with Gasteiger partial charge in [-0.2, -0.15) is 0 Å². The highest BCUT2D eigenvalue weighted by Crippen LogP contribution is 2.17. The molecule has 0 saturated heterocycles. The van der Waals surface area contributed by atoms with Crippen LogP contribution in [0.3, 0.4) is 0 Å². The van der Waals surface area contributed by atoms with Gasteiger partial charge in [0.15, 0.2) is 0 Å². The van der Waals surface area contributed by atoms with E-state index in [4.69, 9.17) is 14.2 Å². The number of methoxy groups -OCH3 is 1. The van der Waals surface area contributed by atoms with E-state index in [0.717, 1.165) is 25.0 Å². The predicted octanol–water partition coefficient (Wildman–Crippen LogP) is 6.40. The number of ether oxygens (including phenoxy) is 3. The second kappa shape index (κ2) is 17.5. The smallest absolute Gasteiger partial charge is 0.336 e. The minimum absolute atomic E-state index is 0.383. The van der Waals surface area contributed by atoms with Crippen molar-refractivity contribution < 1.29 is 23.8 Å². The van der Waals surface area contributed by atoms with E-state index in [0.29, 0.717) is 18.1 Å². The maximum Gasteiger partial charge on any atom is 0.336 e. The van der Waals surface area contributed by atoms with Crippen LogP contribution < -0.4 is 9.47 Å². The van der Waals surface area contributed by atoms with Gasteiger partial charge in [-0.15, -0.1) is 0 Å². The summed E-state index contributed by atoms with van der Waals surface area (Å²) in [5.74, 6) is -0.0886. The molecule has 1 rings (SSSR count). The zero-order valence-electron chi connectivity index (χ0n) is 18.7.